The van der Waals surface area contributed by atoms with Gasteiger partial charge in [-0.2, -0.15) is 0 Å². The fraction of sp³-hybridized carbons (Fsp3) is 0.714. The Bertz CT molecular complexity index is 265. The van der Waals surface area contributed by atoms with Crippen LogP contribution in [0.1, 0.15) is 41.0 Å². The van der Waals surface area contributed by atoms with Crippen molar-refractivity contribution in [1.29, 1.82) is 0 Å². The van der Waals surface area contributed by atoms with Crippen LogP contribution in [-0.2, 0) is 9.47 Å². The zero-order chi connectivity index (χ0) is 13.5. The van der Waals surface area contributed by atoms with Crippen molar-refractivity contribution in [1.82, 2.24) is 0 Å². The Morgan fingerprint density at radius 3 is 2.47 bits per heavy atom. The van der Waals surface area contributed by atoms with Gasteiger partial charge in [-0.05, 0) is 40.2 Å². The van der Waals surface area contributed by atoms with E-state index >= 15 is 0 Å². The Labute approximate surface area is 105 Å². The average molecular weight is 242 g/mol. The first kappa shape index (κ1) is 16.2. The van der Waals surface area contributed by atoms with Gasteiger partial charge in [-0.3, -0.25) is 0 Å². The lowest BCUT2D eigenvalue weighted by Gasteiger charge is -2.29. The average Bonchev–Trinajstić information content (AvgIpc) is 2.14. The molecule has 1 N–H and O–H groups in total. The highest BCUT2D eigenvalue weighted by Gasteiger charge is 2.22. The lowest BCUT2D eigenvalue weighted by molar-refractivity contribution is -0.00727. The quantitative estimate of drug-likeness (QED) is 0.404. The Kier molecular flexibility index (Phi) is 7.16. The molecule has 0 fully saturated rings. The highest BCUT2D eigenvalue weighted by atomic mass is 16.5. The van der Waals surface area contributed by atoms with Gasteiger partial charge >= 0.3 is 0 Å². The minimum Gasteiger partial charge on any atom is -0.492 e. The summed E-state index contributed by atoms with van der Waals surface area (Å²) in [5, 5.41) is 9.38. The van der Waals surface area contributed by atoms with Crippen LogP contribution in [0.5, 0.6) is 0 Å². The van der Waals surface area contributed by atoms with Gasteiger partial charge in [-0.25, -0.2) is 0 Å². The van der Waals surface area contributed by atoms with Crippen molar-refractivity contribution >= 4 is 0 Å². The van der Waals surface area contributed by atoms with Crippen molar-refractivity contribution in [2.24, 2.45) is 0 Å². The lowest BCUT2D eigenvalue weighted by Crippen LogP contribution is -2.28. The maximum atomic E-state index is 9.38. The molecule has 0 heterocycles. The van der Waals surface area contributed by atoms with E-state index < -0.39 is 0 Å². The van der Waals surface area contributed by atoms with Crippen LogP contribution in [0.3, 0.4) is 0 Å². The Hall–Kier alpha value is -0.800. The zero-order valence-corrected chi connectivity index (χ0v) is 11.7. The van der Waals surface area contributed by atoms with Gasteiger partial charge in [0.15, 0.2) is 0 Å². The van der Waals surface area contributed by atoms with Crippen LogP contribution in [0, 0.1) is 0 Å². The molecule has 1 atom stereocenters. The van der Waals surface area contributed by atoms with E-state index in [0.29, 0.717) is 19.6 Å². The smallest absolute Gasteiger partial charge is 0.105 e. The van der Waals surface area contributed by atoms with Gasteiger partial charge in [0, 0.05) is 6.42 Å². The standard InChI is InChI=1S/C14H26O3/c1-7-8-16-10-11(2)13(4)17-14(5,6)9-12(3)15/h7,12,15H,1,8-10H2,2-6H3/b13-11+. The summed E-state index contributed by atoms with van der Waals surface area (Å²) in [5.41, 5.74) is 0.698. The molecule has 3 heteroatoms. The minimum atomic E-state index is -0.366. The Morgan fingerprint density at radius 1 is 1.41 bits per heavy atom. The molecule has 0 bridgehead atoms. The van der Waals surface area contributed by atoms with Crippen LogP contribution in [0.25, 0.3) is 0 Å². The maximum Gasteiger partial charge on any atom is 0.105 e. The zero-order valence-electron chi connectivity index (χ0n) is 11.7. The summed E-state index contributed by atoms with van der Waals surface area (Å²) in [6.07, 6.45) is 1.96. The second kappa shape index (κ2) is 7.51. The molecule has 0 rings (SSSR count). The van der Waals surface area contributed by atoms with E-state index in [1.807, 2.05) is 27.7 Å². The molecule has 0 radical (unpaired) electrons. The molecule has 3 nitrogen and oxygen atoms in total. The maximum absolute atomic E-state index is 9.38. The van der Waals surface area contributed by atoms with Crippen LogP contribution < -0.4 is 0 Å². The largest absolute Gasteiger partial charge is 0.492 e. The summed E-state index contributed by atoms with van der Waals surface area (Å²) in [6.45, 7) is 14.3. The second-order valence-corrected chi connectivity index (χ2v) is 5.06. The fourth-order valence-corrected chi connectivity index (χ4v) is 1.65. The monoisotopic (exact) mass is 242 g/mol. The predicted octanol–water partition coefficient (Wildman–Crippen LogP) is 3.05. The number of aliphatic hydroxyl groups is 1. The molecule has 100 valence electrons. The molecular formula is C14H26O3. The number of aliphatic hydroxyl groups excluding tert-OH is 1. The van der Waals surface area contributed by atoms with Crippen LogP contribution in [0.15, 0.2) is 24.0 Å². The fourth-order valence-electron chi connectivity index (χ4n) is 1.65. The summed E-state index contributed by atoms with van der Waals surface area (Å²) in [7, 11) is 0. The van der Waals surface area contributed by atoms with E-state index in [4.69, 9.17) is 9.47 Å². The van der Waals surface area contributed by atoms with Crippen LogP contribution in [0.4, 0.5) is 0 Å². The van der Waals surface area contributed by atoms with E-state index in [1.54, 1.807) is 13.0 Å². The highest BCUT2D eigenvalue weighted by Crippen LogP contribution is 2.22. The van der Waals surface area contributed by atoms with Gasteiger partial charge in [0.2, 0.25) is 0 Å². The first-order valence-electron chi connectivity index (χ1n) is 6.00. The summed E-state index contributed by atoms with van der Waals surface area (Å²) >= 11 is 0. The van der Waals surface area contributed by atoms with Crippen molar-refractivity contribution in [3.63, 3.8) is 0 Å². The van der Waals surface area contributed by atoms with E-state index in [-0.39, 0.29) is 11.7 Å². The number of rotatable bonds is 8. The van der Waals surface area contributed by atoms with Crippen molar-refractivity contribution in [2.45, 2.75) is 52.7 Å². The van der Waals surface area contributed by atoms with E-state index in [9.17, 15) is 5.11 Å². The number of hydrogen-bond acceptors (Lipinski definition) is 3. The molecule has 0 saturated carbocycles. The molecule has 0 aromatic carbocycles. The highest BCUT2D eigenvalue weighted by molar-refractivity contribution is 5.05. The van der Waals surface area contributed by atoms with Crippen LogP contribution in [-0.4, -0.2) is 30.0 Å². The van der Waals surface area contributed by atoms with Gasteiger partial charge < -0.3 is 14.6 Å². The third-order valence-electron chi connectivity index (χ3n) is 2.37. The molecule has 17 heavy (non-hydrogen) atoms. The molecule has 0 aliphatic carbocycles. The van der Waals surface area contributed by atoms with E-state index in [2.05, 4.69) is 6.58 Å². The minimum absolute atomic E-state index is 0.363. The molecule has 0 aliphatic rings. The van der Waals surface area contributed by atoms with E-state index in [1.165, 1.54) is 0 Å². The third kappa shape index (κ3) is 8.00. The first-order valence-corrected chi connectivity index (χ1v) is 6.00. The molecule has 0 saturated heterocycles. The Morgan fingerprint density at radius 2 is 2.00 bits per heavy atom. The van der Waals surface area contributed by atoms with Gasteiger partial charge in [-0.15, -0.1) is 6.58 Å². The van der Waals surface area contributed by atoms with Crippen molar-refractivity contribution < 1.29 is 14.6 Å². The van der Waals surface area contributed by atoms with Crippen molar-refractivity contribution in [2.75, 3.05) is 13.2 Å². The van der Waals surface area contributed by atoms with Crippen LogP contribution >= 0.6 is 0 Å². The SMILES string of the molecule is C=CCOC/C(C)=C(\C)OC(C)(C)CC(C)O. The Balaban J connectivity index is 4.32. The summed E-state index contributed by atoms with van der Waals surface area (Å²) < 4.78 is 11.2. The normalized spacial score (nSPS) is 15.2. The molecule has 0 aliphatic heterocycles. The number of ether oxygens (including phenoxy) is 2. The predicted molar refractivity (Wildman–Crippen MR) is 70.9 cm³/mol. The molecule has 0 spiro atoms. The van der Waals surface area contributed by atoms with Gasteiger partial charge in [-0.1, -0.05) is 6.08 Å². The topological polar surface area (TPSA) is 38.7 Å². The summed E-state index contributed by atoms with van der Waals surface area (Å²) in [6, 6.07) is 0. The molecule has 1 unspecified atom stereocenters. The first-order chi connectivity index (χ1) is 7.78. The molecule has 0 aromatic rings. The van der Waals surface area contributed by atoms with Gasteiger partial charge in [0.1, 0.15) is 5.60 Å². The van der Waals surface area contributed by atoms with Crippen molar-refractivity contribution in [3.05, 3.63) is 24.0 Å². The lowest BCUT2D eigenvalue weighted by atomic mass is 10.0. The summed E-state index contributed by atoms with van der Waals surface area (Å²) in [4.78, 5) is 0. The number of allylic oxidation sites excluding steroid dienone is 1. The summed E-state index contributed by atoms with van der Waals surface area (Å²) in [5.74, 6) is 0.861. The molecular weight excluding hydrogens is 216 g/mol. The van der Waals surface area contributed by atoms with Crippen LogP contribution in [0.2, 0.25) is 0 Å². The van der Waals surface area contributed by atoms with Gasteiger partial charge in [0.05, 0.1) is 25.1 Å². The van der Waals surface area contributed by atoms with E-state index in [0.717, 1.165) is 11.3 Å². The third-order valence-corrected chi connectivity index (χ3v) is 2.37. The van der Waals surface area contributed by atoms with Gasteiger partial charge in [0.25, 0.3) is 0 Å². The number of hydrogen-bond donors (Lipinski definition) is 1. The molecule has 0 amide bonds. The molecule has 0 aromatic heterocycles. The second-order valence-electron chi connectivity index (χ2n) is 5.06. The van der Waals surface area contributed by atoms with Crippen molar-refractivity contribution in [3.8, 4) is 0 Å².